The van der Waals surface area contributed by atoms with E-state index in [1.165, 1.54) is 33.3 Å². The van der Waals surface area contributed by atoms with Gasteiger partial charge in [0.2, 0.25) is 0 Å². The molecule has 1 atom stereocenters. The second kappa shape index (κ2) is 6.22. The number of hydrogen-bond donors (Lipinski definition) is 1. The first-order valence-electron chi connectivity index (χ1n) is 8.97. The summed E-state index contributed by atoms with van der Waals surface area (Å²) in [7, 11) is 0. The van der Waals surface area contributed by atoms with Gasteiger partial charge in [0.1, 0.15) is 0 Å². The van der Waals surface area contributed by atoms with Gasteiger partial charge in [0.05, 0.1) is 6.04 Å². The van der Waals surface area contributed by atoms with E-state index in [2.05, 4.69) is 76.7 Å². The van der Waals surface area contributed by atoms with E-state index in [-0.39, 0.29) is 6.04 Å². The second-order valence-electron chi connectivity index (χ2n) is 6.81. The van der Waals surface area contributed by atoms with E-state index in [0.717, 1.165) is 18.0 Å². The highest BCUT2D eigenvalue weighted by atomic mass is 35.5. The summed E-state index contributed by atoms with van der Waals surface area (Å²) in [5.41, 5.74) is 6.54. The van der Waals surface area contributed by atoms with Gasteiger partial charge in [-0.1, -0.05) is 54.1 Å². The highest BCUT2D eigenvalue weighted by Gasteiger charge is 2.30. The number of anilines is 1. The molecule has 0 saturated heterocycles. The molecule has 1 aliphatic heterocycles. The van der Waals surface area contributed by atoms with Crippen LogP contribution >= 0.6 is 11.6 Å². The molecule has 26 heavy (non-hydrogen) atoms. The Labute approximate surface area is 158 Å². The van der Waals surface area contributed by atoms with Gasteiger partial charge >= 0.3 is 0 Å². The lowest BCUT2D eigenvalue weighted by Crippen LogP contribution is -2.36. The van der Waals surface area contributed by atoms with Crippen LogP contribution in [-0.2, 0) is 6.42 Å². The molecule has 3 heteroatoms. The summed E-state index contributed by atoms with van der Waals surface area (Å²) >= 11 is 6.12. The fraction of sp³-hybridized carbons (Fsp3) is 0.130. The predicted molar refractivity (Wildman–Crippen MR) is 109 cm³/mol. The van der Waals surface area contributed by atoms with Crippen LogP contribution in [0.15, 0.2) is 79.0 Å². The molecular weight excluding hydrogens is 340 g/mol. The maximum Gasteiger partial charge on any atom is 0.0819 e. The van der Waals surface area contributed by atoms with Gasteiger partial charge in [-0.3, -0.25) is 0 Å². The molecule has 128 valence electrons. The normalized spacial score (nSPS) is 16.7. The lowest BCUT2D eigenvalue weighted by Gasteiger charge is -2.39. The van der Waals surface area contributed by atoms with E-state index in [0.29, 0.717) is 0 Å². The minimum Gasteiger partial charge on any atom is -0.361 e. The van der Waals surface area contributed by atoms with Crippen molar-refractivity contribution in [2.45, 2.75) is 12.5 Å². The average molecular weight is 359 g/mol. The van der Waals surface area contributed by atoms with Crippen molar-refractivity contribution in [3.05, 3.63) is 101 Å². The van der Waals surface area contributed by atoms with E-state index in [9.17, 15) is 0 Å². The summed E-state index contributed by atoms with van der Waals surface area (Å²) in [5.74, 6) is 0. The van der Waals surface area contributed by atoms with Crippen LogP contribution in [0.5, 0.6) is 0 Å². The third-order valence-corrected chi connectivity index (χ3v) is 5.61. The van der Waals surface area contributed by atoms with Gasteiger partial charge in [-0.2, -0.15) is 0 Å². The minimum absolute atomic E-state index is 0.192. The lowest BCUT2D eigenvalue weighted by molar-refractivity contribution is 0.656. The van der Waals surface area contributed by atoms with Gasteiger partial charge in [-0.05, 0) is 47.9 Å². The first-order valence-corrected chi connectivity index (χ1v) is 9.35. The second-order valence-corrected chi connectivity index (χ2v) is 7.25. The highest BCUT2D eigenvalue weighted by molar-refractivity contribution is 6.30. The quantitative estimate of drug-likeness (QED) is 0.467. The Morgan fingerprint density at radius 2 is 1.62 bits per heavy atom. The molecule has 0 bridgehead atoms. The summed E-state index contributed by atoms with van der Waals surface area (Å²) in [5, 5.41) is 2.06. The number of para-hydroxylation sites is 1. The van der Waals surface area contributed by atoms with Crippen LogP contribution in [0.1, 0.15) is 22.7 Å². The average Bonchev–Trinajstić information content (AvgIpc) is 3.11. The van der Waals surface area contributed by atoms with Crippen molar-refractivity contribution in [2.24, 2.45) is 0 Å². The molecule has 0 saturated carbocycles. The van der Waals surface area contributed by atoms with Crippen LogP contribution in [-0.4, -0.2) is 11.5 Å². The van der Waals surface area contributed by atoms with Gasteiger partial charge in [0.15, 0.2) is 0 Å². The number of aromatic nitrogens is 1. The Hall–Kier alpha value is -2.71. The molecule has 1 aliphatic rings. The van der Waals surface area contributed by atoms with Gasteiger partial charge in [-0.25, -0.2) is 0 Å². The van der Waals surface area contributed by atoms with Crippen LogP contribution in [0, 0.1) is 0 Å². The molecule has 2 nitrogen and oxygen atoms in total. The number of H-pyrrole nitrogens is 1. The van der Waals surface area contributed by atoms with Crippen LogP contribution < -0.4 is 4.90 Å². The fourth-order valence-electron chi connectivity index (χ4n) is 4.13. The van der Waals surface area contributed by atoms with E-state index in [1.807, 2.05) is 12.1 Å². The Morgan fingerprint density at radius 1 is 0.846 bits per heavy atom. The van der Waals surface area contributed by atoms with E-state index in [1.54, 1.807) is 0 Å². The number of nitrogens with one attached hydrogen (secondary N) is 1. The summed E-state index contributed by atoms with van der Waals surface area (Å²) in [4.78, 5) is 5.94. The summed E-state index contributed by atoms with van der Waals surface area (Å²) in [6, 6.07) is 25.7. The van der Waals surface area contributed by atoms with Crippen LogP contribution in [0.2, 0.25) is 5.02 Å². The number of hydrogen-bond acceptors (Lipinski definition) is 1. The molecule has 0 fully saturated rings. The van der Waals surface area contributed by atoms with Gasteiger partial charge in [-0.15, -0.1) is 0 Å². The molecule has 5 rings (SSSR count). The van der Waals surface area contributed by atoms with Gasteiger partial charge in [0, 0.05) is 39.9 Å². The fourth-order valence-corrected chi connectivity index (χ4v) is 4.26. The third kappa shape index (κ3) is 2.49. The number of halogens is 1. The predicted octanol–water partition coefficient (Wildman–Crippen LogP) is 5.97. The number of nitrogens with zero attached hydrogens (tertiary/aromatic N) is 1. The Balaban J connectivity index is 1.71. The number of rotatable bonds is 2. The molecular formula is C23H19ClN2. The van der Waals surface area contributed by atoms with Crippen LogP contribution in [0.25, 0.3) is 10.9 Å². The smallest absolute Gasteiger partial charge is 0.0819 e. The van der Waals surface area contributed by atoms with E-state index in [4.69, 9.17) is 11.6 Å². The first-order chi connectivity index (χ1) is 12.8. The molecule has 0 radical (unpaired) electrons. The standard InChI is InChI=1S/C23H19ClN2/c24-17-9-11-18(12-10-17)26-14-13-16-5-1-2-6-19(16)23(26)21-15-25-22-8-4-3-7-20(21)22/h1-12,15,23,25H,13-14H2. The Morgan fingerprint density at radius 3 is 2.50 bits per heavy atom. The SMILES string of the molecule is Clc1ccc(N2CCc3ccccc3C2c2c[nH]c3ccccc23)cc1. The van der Waals surface area contributed by atoms with Gasteiger partial charge < -0.3 is 9.88 Å². The molecule has 0 spiro atoms. The maximum absolute atomic E-state index is 6.12. The topological polar surface area (TPSA) is 19.0 Å². The van der Waals surface area contributed by atoms with Crippen molar-refractivity contribution in [1.29, 1.82) is 0 Å². The summed E-state index contributed by atoms with van der Waals surface area (Å²) < 4.78 is 0. The van der Waals surface area contributed by atoms with Crippen molar-refractivity contribution in [2.75, 3.05) is 11.4 Å². The maximum atomic E-state index is 6.12. The zero-order valence-electron chi connectivity index (χ0n) is 14.3. The Bertz CT molecular complexity index is 1060. The zero-order chi connectivity index (χ0) is 17.5. The molecule has 4 aromatic rings. The van der Waals surface area contributed by atoms with Gasteiger partial charge in [0.25, 0.3) is 0 Å². The minimum atomic E-state index is 0.192. The number of benzene rings is 3. The van der Waals surface area contributed by atoms with E-state index >= 15 is 0 Å². The molecule has 1 unspecified atom stereocenters. The highest BCUT2D eigenvalue weighted by Crippen LogP contribution is 2.40. The third-order valence-electron chi connectivity index (χ3n) is 5.36. The molecule has 0 amide bonds. The Kier molecular flexibility index (Phi) is 3.72. The zero-order valence-corrected chi connectivity index (χ0v) is 15.1. The monoisotopic (exact) mass is 358 g/mol. The molecule has 3 aromatic carbocycles. The van der Waals surface area contributed by atoms with Crippen molar-refractivity contribution < 1.29 is 0 Å². The van der Waals surface area contributed by atoms with E-state index < -0.39 is 0 Å². The molecule has 1 aromatic heterocycles. The summed E-state index contributed by atoms with van der Waals surface area (Å²) in [6.45, 7) is 0.989. The summed E-state index contributed by atoms with van der Waals surface area (Å²) in [6.07, 6.45) is 3.22. The van der Waals surface area contributed by atoms with Crippen molar-refractivity contribution >= 4 is 28.2 Å². The van der Waals surface area contributed by atoms with Crippen LogP contribution in [0.3, 0.4) is 0 Å². The van der Waals surface area contributed by atoms with Crippen LogP contribution in [0.4, 0.5) is 5.69 Å². The molecule has 0 aliphatic carbocycles. The number of fused-ring (bicyclic) bond motifs is 2. The number of aromatic amines is 1. The largest absolute Gasteiger partial charge is 0.361 e. The van der Waals surface area contributed by atoms with Crippen molar-refractivity contribution in [3.8, 4) is 0 Å². The first kappa shape index (κ1) is 15.5. The lowest BCUT2D eigenvalue weighted by atomic mass is 9.87. The molecule has 2 heterocycles. The molecule has 1 N–H and O–H groups in total. The van der Waals surface area contributed by atoms with Crippen molar-refractivity contribution in [1.82, 2.24) is 4.98 Å². The van der Waals surface area contributed by atoms with Crippen molar-refractivity contribution in [3.63, 3.8) is 0 Å².